The van der Waals surface area contributed by atoms with Crippen LogP contribution >= 0.6 is 0 Å². The maximum atomic E-state index is 12.3. The second-order valence-electron chi connectivity index (χ2n) is 6.08. The Balaban J connectivity index is 1.83. The zero-order valence-corrected chi connectivity index (χ0v) is 11.8. The molecular weight excluding hydrogens is 254 g/mol. The summed E-state index contributed by atoms with van der Waals surface area (Å²) in [6.45, 7) is 3.69. The van der Waals surface area contributed by atoms with Crippen LogP contribution in [-0.4, -0.2) is 17.0 Å². The molecule has 2 atom stereocenters. The monoisotopic (exact) mass is 273 g/mol. The molecule has 0 saturated heterocycles. The predicted molar refractivity (Wildman–Crippen MR) is 75.8 cm³/mol. The number of carbonyl (C=O) groups excluding carboxylic acids is 1. The minimum absolute atomic E-state index is 0.00541. The van der Waals surface area contributed by atoms with Crippen LogP contribution in [0.1, 0.15) is 40.7 Å². The van der Waals surface area contributed by atoms with Crippen molar-refractivity contribution in [3.8, 4) is 0 Å². The van der Waals surface area contributed by atoms with Gasteiger partial charge in [-0.05, 0) is 55.7 Å². The van der Waals surface area contributed by atoms with Gasteiger partial charge in [-0.3, -0.25) is 4.79 Å². The zero-order valence-electron chi connectivity index (χ0n) is 11.8. The quantitative estimate of drug-likeness (QED) is 0.889. The van der Waals surface area contributed by atoms with Gasteiger partial charge in [-0.15, -0.1) is 0 Å². The lowest BCUT2D eigenvalue weighted by Crippen LogP contribution is -2.19. The van der Waals surface area contributed by atoms with Crippen molar-refractivity contribution in [3.63, 3.8) is 0 Å². The Bertz CT molecular complexity index is 584. The van der Waals surface area contributed by atoms with Crippen molar-refractivity contribution >= 4 is 17.6 Å². The summed E-state index contributed by atoms with van der Waals surface area (Å²) in [6.07, 6.45) is 3.51. The van der Waals surface area contributed by atoms with Gasteiger partial charge >= 0.3 is 5.97 Å². The second kappa shape index (κ2) is 4.62. The Morgan fingerprint density at radius 3 is 2.45 bits per heavy atom. The number of amides is 1. The van der Waals surface area contributed by atoms with Crippen molar-refractivity contribution in [3.05, 3.63) is 28.8 Å². The number of hydrogen-bond donors (Lipinski definition) is 2. The molecule has 2 N–H and O–H groups in total. The molecule has 1 aromatic rings. The predicted octanol–water partition coefficient (Wildman–Crippen LogP) is 2.99. The van der Waals surface area contributed by atoms with Crippen molar-refractivity contribution in [1.82, 2.24) is 0 Å². The molecule has 2 saturated carbocycles. The number of rotatable bonds is 3. The van der Waals surface area contributed by atoms with Gasteiger partial charge in [0, 0.05) is 5.92 Å². The Kier molecular flexibility index (Phi) is 3.04. The highest BCUT2D eigenvalue weighted by molar-refractivity contribution is 6.03. The summed E-state index contributed by atoms with van der Waals surface area (Å²) in [5, 5.41) is 12.1. The summed E-state index contributed by atoms with van der Waals surface area (Å²) in [5.74, 6) is 0.173. The van der Waals surface area contributed by atoms with Crippen molar-refractivity contribution in [1.29, 1.82) is 0 Å². The summed E-state index contributed by atoms with van der Waals surface area (Å²) >= 11 is 0. The fourth-order valence-electron chi connectivity index (χ4n) is 3.72. The number of carbonyl (C=O) groups is 2. The summed E-state index contributed by atoms with van der Waals surface area (Å²) in [6, 6.07) is 3.51. The number of carboxylic acid groups (broad SMARTS) is 1. The van der Waals surface area contributed by atoms with Gasteiger partial charge in [-0.1, -0.05) is 12.5 Å². The van der Waals surface area contributed by atoms with E-state index in [1.165, 1.54) is 6.42 Å². The first-order chi connectivity index (χ1) is 9.49. The smallest absolute Gasteiger partial charge is 0.337 e. The van der Waals surface area contributed by atoms with Gasteiger partial charge in [0.25, 0.3) is 0 Å². The molecule has 2 unspecified atom stereocenters. The number of fused-ring (bicyclic) bond motifs is 1. The van der Waals surface area contributed by atoms with Gasteiger partial charge in [0.2, 0.25) is 5.91 Å². The molecule has 2 aliphatic rings. The van der Waals surface area contributed by atoms with Gasteiger partial charge < -0.3 is 10.4 Å². The lowest BCUT2D eigenvalue weighted by Gasteiger charge is -2.13. The number of nitrogens with one attached hydrogen (secondary N) is 1. The molecule has 2 aliphatic carbocycles. The fourth-order valence-corrected chi connectivity index (χ4v) is 3.72. The highest BCUT2D eigenvalue weighted by atomic mass is 16.4. The summed E-state index contributed by atoms with van der Waals surface area (Å²) < 4.78 is 0. The third-order valence-electron chi connectivity index (χ3n) is 4.67. The van der Waals surface area contributed by atoms with Crippen LogP contribution in [0, 0.1) is 31.6 Å². The SMILES string of the molecule is Cc1cc(C)c(NC(=O)C2C3CCCC32)c(C(=O)O)c1. The second-order valence-corrected chi connectivity index (χ2v) is 6.08. The van der Waals surface area contributed by atoms with Crippen LogP contribution in [0.4, 0.5) is 5.69 Å². The van der Waals surface area contributed by atoms with Crippen LogP contribution in [0.3, 0.4) is 0 Å². The number of benzene rings is 1. The zero-order chi connectivity index (χ0) is 14.4. The van der Waals surface area contributed by atoms with Crippen molar-refractivity contribution in [2.75, 3.05) is 5.32 Å². The van der Waals surface area contributed by atoms with Crippen LogP contribution in [-0.2, 0) is 4.79 Å². The fraction of sp³-hybridized carbons (Fsp3) is 0.500. The van der Waals surface area contributed by atoms with E-state index >= 15 is 0 Å². The van der Waals surface area contributed by atoms with E-state index in [0.717, 1.165) is 24.0 Å². The first kappa shape index (κ1) is 13.2. The molecule has 0 aliphatic heterocycles. The third-order valence-corrected chi connectivity index (χ3v) is 4.67. The van der Waals surface area contributed by atoms with Crippen molar-refractivity contribution in [2.45, 2.75) is 33.1 Å². The van der Waals surface area contributed by atoms with E-state index in [-0.39, 0.29) is 17.4 Å². The normalized spacial score (nSPS) is 27.0. The number of aryl methyl sites for hydroxylation is 2. The molecule has 2 fully saturated rings. The third kappa shape index (κ3) is 2.09. The summed E-state index contributed by atoms with van der Waals surface area (Å²) in [7, 11) is 0. The van der Waals surface area contributed by atoms with E-state index in [9.17, 15) is 14.7 Å². The Labute approximate surface area is 118 Å². The molecule has 20 heavy (non-hydrogen) atoms. The molecule has 1 amide bonds. The van der Waals surface area contributed by atoms with E-state index in [0.29, 0.717) is 17.5 Å². The van der Waals surface area contributed by atoms with Crippen molar-refractivity contribution in [2.24, 2.45) is 17.8 Å². The average Bonchev–Trinajstić information content (AvgIpc) is 2.86. The van der Waals surface area contributed by atoms with Gasteiger partial charge in [0.15, 0.2) is 0 Å². The Morgan fingerprint density at radius 1 is 1.20 bits per heavy atom. The van der Waals surface area contributed by atoms with Gasteiger partial charge in [0.1, 0.15) is 0 Å². The first-order valence-electron chi connectivity index (χ1n) is 7.14. The van der Waals surface area contributed by atoms with Gasteiger partial charge in [-0.2, -0.15) is 0 Å². The van der Waals surface area contributed by atoms with E-state index in [1.54, 1.807) is 6.07 Å². The van der Waals surface area contributed by atoms with Crippen LogP contribution in [0.15, 0.2) is 12.1 Å². The number of anilines is 1. The molecule has 4 heteroatoms. The molecule has 0 radical (unpaired) electrons. The molecule has 0 aromatic heterocycles. The van der Waals surface area contributed by atoms with E-state index in [4.69, 9.17) is 0 Å². The number of aromatic carboxylic acids is 1. The van der Waals surface area contributed by atoms with E-state index in [2.05, 4.69) is 5.32 Å². The molecule has 4 nitrogen and oxygen atoms in total. The molecular formula is C16H19NO3. The van der Waals surface area contributed by atoms with Gasteiger partial charge in [-0.25, -0.2) is 4.79 Å². The van der Waals surface area contributed by atoms with Crippen LogP contribution in [0.5, 0.6) is 0 Å². The molecule has 106 valence electrons. The average molecular weight is 273 g/mol. The molecule has 3 rings (SSSR count). The number of carboxylic acids is 1. The highest BCUT2D eigenvalue weighted by Crippen LogP contribution is 2.57. The molecule has 1 aromatic carbocycles. The lowest BCUT2D eigenvalue weighted by molar-refractivity contribution is -0.118. The van der Waals surface area contributed by atoms with Crippen LogP contribution < -0.4 is 5.32 Å². The molecule has 0 spiro atoms. The van der Waals surface area contributed by atoms with Gasteiger partial charge in [0.05, 0.1) is 11.3 Å². The number of hydrogen-bond acceptors (Lipinski definition) is 2. The highest BCUT2D eigenvalue weighted by Gasteiger charge is 2.56. The Morgan fingerprint density at radius 2 is 1.85 bits per heavy atom. The summed E-state index contributed by atoms with van der Waals surface area (Å²) in [4.78, 5) is 23.6. The molecule has 0 bridgehead atoms. The largest absolute Gasteiger partial charge is 0.478 e. The summed E-state index contributed by atoms with van der Waals surface area (Å²) in [5.41, 5.74) is 2.34. The minimum Gasteiger partial charge on any atom is -0.478 e. The molecule has 0 heterocycles. The van der Waals surface area contributed by atoms with Crippen molar-refractivity contribution < 1.29 is 14.7 Å². The Hall–Kier alpha value is -1.84. The standard InChI is InChI=1S/C16H19NO3/c1-8-6-9(2)14(12(7-8)16(19)20)17-15(18)13-10-4-3-5-11(10)13/h6-7,10-11,13H,3-5H2,1-2H3,(H,17,18)(H,19,20). The van der Waals surface area contributed by atoms with Crippen LogP contribution in [0.25, 0.3) is 0 Å². The van der Waals surface area contributed by atoms with E-state index < -0.39 is 5.97 Å². The van der Waals surface area contributed by atoms with E-state index in [1.807, 2.05) is 19.9 Å². The maximum absolute atomic E-state index is 12.3. The maximum Gasteiger partial charge on any atom is 0.337 e. The first-order valence-corrected chi connectivity index (χ1v) is 7.14. The topological polar surface area (TPSA) is 66.4 Å². The lowest BCUT2D eigenvalue weighted by atomic mass is 10.0. The van der Waals surface area contributed by atoms with Crippen LogP contribution in [0.2, 0.25) is 0 Å². The minimum atomic E-state index is -0.997.